The van der Waals surface area contributed by atoms with Crippen LogP contribution in [0.25, 0.3) is 10.4 Å². The highest BCUT2D eigenvalue weighted by Gasteiger charge is 2.31. The van der Waals surface area contributed by atoms with Crippen LogP contribution >= 0.6 is 23.1 Å². The molecule has 1 aromatic carbocycles. The van der Waals surface area contributed by atoms with Gasteiger partial charge in [-0.25, -0.2) is 8.42 Å². The molecule has 3 heterocycles. The summed E-state index contributed by atoms with van der Waals surface area (Å²) in [5, 5.41) is 2.01. The van der Waals surface area contributed by atoms with Crippen molar-refractivity contribution in [2.75, 3.05) is 23.7 Å². The van der Waals surface area contributed by atoms with E-state index in [0.717, 1.165) is 15.3 Å². The van der Waals surface area contributed by atoms with Crippen molar-refractivity contribution in [3.8, 4) is 16.2 Å². The number of anilines is 1. The van der Waals surface area contributed by atoms with E-state index in [0.29, 0.717) is 23.7 Å². The average Bonchev–Trinajstić information content (AvgIpc) is 3.21. The molecule has 1 aliphatic heterocycles. The molecule has 3 aromatic rings. The Morgan fingerprint density at radius 3 is 2.65 bits per heavy atom. The molecule has 0 amide bonds. The topological polar surface area (TPSA) is 59.5 Å². The number of fused-ring (bicyclic) bond motifs is 1. The number of nitrogens with zero attached hydrogens (tertiary/aromatic N) is 2. The van der Waals surface area contributed by atoms with E-state index in [1.807, 2.05) is 17.5 Å². The highest BCUT2D eigenvalue weighted by atomic mass is 32.2. The summed E-state index contributed by atoms with van der Waals surface area (Å²) in [6.45, 7) is 0.418. The number of hydrogen-bond donors (Lipinski definition) is 0. The summed E-state index contributed by atoms with van der Waals surface area (Å²) in [6, 6.07) is 10.5. The maximum Gasteiger partial charge on any atom is 0.264 e. The van der Waals surface area contributed by atoms with Crippen LogP contribution in [0.4, 0.5) is 5.69 Å². The van der Waals surface area contributed by atoms with Crippen molar-refractivity contribution in [3.63, 3.8) is 0 Å². The number of pyridine rings is 1. The fraction of sp³-hybridized carbons (Fsp3) is 0.167. The molecule has 0 fully saturated rings. The molecule has 0 atom stereocenters. The number of aromatic nitrogens is 1. The molecule has 0 saturated heterocycles. The Bertz CT molecular complexity index is 1020. The van der Waals surface area contributed by atoms with Gasteiger partial charge in [0.15, 0.2) is 0 Å². The molecule has 4 rings (SSSR count). The second-order valence-corrected chi connectivity index (χ2v) is 9.53. The normalized spacial score (nSPS) is 14.1. The Morgan fingerprint density at radius 1 is 1.15 bits per heavy atom. The maximum atomic E-state index is 13.2. The third-order valence-corrected chi connectivity index (χ3v) is 7.96. The molecular weight excluding hydrogens is 388 g/mol. The molecule has 0 bridgehead atoms. The largest absolute Gasteiger partial charge is 0.497 e. The Hall–Kier alpha value is -2.03. The second-order valence-electron chi connectivity index (χ2n) is 5.61. The first-order valence-electron chi connectivity index (χ1n) is 7.93. The van der Waals surface area contributed by atoms with Crippen LogP contribution in [-0.2, 0) is 10.0 Å². The van der Waals surface area contributed by atoms with E-state index < -0.39 is 10.0 Å². The van der Waals surface area contributed by atoms with Crippen molar-refractivity contribution < 1.29 is 13.2 Å². The maximum absolute atomic E-state index is 13.2. The lowest BCUT2D eigenvalue weighted by atomic mass is 10.2. The number of methoxy groups -OCH3 is 1. The van der Waals surface area contributed by atoms with Crippen LogP contribution in [0.2, 0.25) is 0 Å². The molecule has 26 heavy (non-hydrogen) atoms. The standard InChI is InChI=1S/C18H16N2O3S3/c1-23-13-4-6-14(7-5-13)26(21,22)20-8-10-25-18-15(11-19-12-16(18)20)17-3-2-9-24-17/h2-7,9,11-12H,8,10H2,1H3. The fourth-order valence-corrected chi connectivity index (χ4v) is 6.40. The highest BCUT2D eigenvalue weighted by Crippen LogP contribution is 2.44. The summed E-state index contributed by atoms with van der Waals surface area (Å²) in [6.07, 6.45) is 3.45. The predicted octanol–water partition coefficient (Wildman–Crippen LogP) is 4.12. The van der Waals surface area contributed by atoms with Gasteiger partial charge in [-0.15, -0.1) is 23.1 Å². The lowest BCUT2D eigenvalue weighted by Gasteiger charge is -2.30. The zero-order valence-electron chi connectivity index (χ0n) is 14.0. The zero-order valence-corrected chi connectivity index (χ0v) is 16.4. The van der Waals surface area contributed by atoms with Crippen molar-refractivity contribution in [2.45, 2.75) is 9.79 Å². The van der Waals surface area contributed by atoms with Crippen LogP contribution < -0.4 is 9.04 Å². The summed E-state index contributed by atoms with van der Waals surface area (Å²) in [5.74, 6) is 1.32. The van der Waals surface area contributed by atoms with Gasteiger partial charge in [0.25, 0.3) is 10.0 Å². The Morgan fingerprint density at radius 2 is 1.96 bits per heavy atom. The molecule has 2 aromatic heterocycles. The molecule has 0 radical (unpaired) electrons. The number of rotatable bonds is 4. The van der Waals surface area contributed by atoms with Crippen LogP contribution in [0.5, 0.6) is 5.75 Å². The molecule has 5 nitrogen and oxygen atoms in total. The van der Waals surface area contributed by atoms with E-state index >= 15 is 0 Å². The molecule has 1 aliphatic rings. The first kappa shape index (κ1) is 17.4. The van der Waals surface area contributed by atoms with Gasteiger partial charge in [-0.05, 0) is 35.7 Å². The third-order valence-electron chi connectivity index (χ3n) is 4.12. The van der Waals surface area contributed by atoms with E-state index in [2.05, 4.69) is 4.98 Å². The fourth-order valence-electron chi connectivity index (χ4n) is 2.85. The number of thioether (sulfide) groups is 1. The van der Waals surface area contributed by atoms with Gasteiger partial charge < -0.3 is 4.74 Å². The minimum absolute atomic E-state index is 0.248. The Labute approximate surface area is 160 Å². The monoisotopic (exact) mass is 404 g/mol. The van der Waals surface area contributed by atoms with Crippen molar-refractivity contribution in [1.29, 1.82) is 0 Å². The summed E-state index contributed by atoms with van der Waals surface area (Å²) >= 11 is 3.30. The van der Waals surface area contributed by atoms with Crippen LogP contribution in [0.15, 0.2) is 64.0 Å². The number of sulfonamides is 1. The quantitative estimate of drug-likeness (QED) is 0.655. The third kappa shape index (κ3) is 2.98. The first-order valence-corrected chi connectivity index (χ1v) is 11.2. The smallest absolute Gasteiger partial charge is 0.264 e. The first-order chi connectivity index (χ1) is 12.6. The van der Waals surface area contributed by atoms with Gasteiger partial charge in [-0.3, -0.25) is 9.29 Å². The second kappa shape index (κ2) is 6.94. The SMILES string of the molecule is COc1ccc(S(=O)(=O)N2CCSc3c(-c4cccs4)cncc32)cc1. The summed E-state index contributed by atoms with van der Waals surface area (Å²) in [7, 11) is -2.10. The van der Waals surface area contributed by atoms with Gasteiger partial charge in [-0.2, -0.15) is 0 Å². The van der Waals surface area contributed by atoms with Crippen LogP contribution in [0.1, 0.15) is 0 Å². The highest BCUT2D eigenvalue weighted by molar-refractivity contribution is 8.00. The van der Waals surface area contributed by atoms with E-state index in [1.165, 1.54) is 4.31 Å². The Balaban J connectivity index is 1.79. The molecule has 134 valence electrons. The minimum Gasteiger partial charge on any atom is -0.497 e. The molecule has 0 aliphatic carbocycles. The van der Waals surface area contributed by atoms with Gasteiger partial charge in [0.1, 0.15) is 5.75 Å². The Kier molecular flexibility index (Phi) is 4.64. The zero-order chi connectivity index (χ0) is 18.1. The summed E-state index contributed by atoms with van der Waals surface area (Å²) in [4.78, 5) is 6.61. The number of ether oxygens (including phenoxy) is 1. The average molecular weight is 405 g/mol. The van der Waals surface area contributed by atoms with Gasteiger partial charge in [0.05, 0.1) is 23.9 Å². The molecular formula is C18H16N2O3S3. The van der Waals surface area contributed by atoms with Crippen molar-refractivity contribution in [3.05, 3.63) is 54.2 Å². The predicted molar refractivity (Wildman–Crippen MR) is 106 cm³/mol. The van der Waals surface area contributed by atoms with Crippen LogP contribution in [0.3, 0.4) is 0 Å². The van der Waals surface area contributed by atoms with E-state index in [4.69, 9.17) is 4.74 Å². The lowest BCUT2D eigenvalue weighted by Crippen LogP contribution is -2.35. The molecule has 8 heteroatoms. The van der Waals surface area contributed by atoms with Crippen molar-refractivity contribution in [1.82, 2.24) is 4.98 Å². The van der Waals surface area contributed by atoms with E-state index in [9.17, 15) is 8.42 Å². The van der Waals surface area contributed by atoms with Gasteiger partial charge >= 0.3 is 0 Å². The van der Waals surface area contributed by atoms with Gasteiger partial charge in [-0.1, -0.05) is 6.07 Å². The minimum atomic E-state index is -3.66. The van der Waals surface area contributed by atoms with Crippen molar-refractivity contribution in [2.24, 2.45) is 0 Å². The number of benzene rings is 1. The van der Waals surface area contributed by atoms with Crippen molar-refractivity contribution >= 4 is 38.8 Å². The summed E-state index contributed by atoms with van der Waals surface area (Å²) in [5.41, 5.74) is 1.63. The number of hydrogen-bond acceptors (Lipinski definition) is 6. The van der Waals surface area contributed by atoms with Gasteiger partial charge in [0, 0.05) is 33.8 Å². The van der Waals surface area contributed by atoms with E-state index in [1.54, 1.807) is 66.9 Å². The number of thiophene rings is 1. The van der Waals surface area contributed by atoms with Crippen LogP contribution in [-0.4, -0.2) is 32.8 Å². The molecule has 0 saturated carbocycles. The summed E-state index contributed by atoms with van der Waals surface area (Å²) < 4.78 is 33.0. The lowest BCUT2D eigenvalue weighted by molar-refractivity contribution is 0.414. The molecule has 0 spiro atoms. The van der Waals surface area contributed by atoms with Crippen LogP contribution in [0, 0.1) is 0 Å². The van der Waals surface area contributed by atoms with Gasteiger partial charge in [0.2, 0.25) is 0 Å². The van der Waals surface area contributed by atoms with E-state index in [-0.39, 0.29) is 4.90 Å². The molecule has 0 unspecified atom stereocenters. The molecule has 0 N–H and O–H groups in total.